The lowest BCUT2D eigenvalue weighted by atomic mass is 10.2. The molecule has 1 heterocycles. The molecule has 16 heavy (non-hydrogen) atoms. The molecule has 1 N–H and O–H groups in total. The van der Waals surface area contributed by atoms with E-state index in [-0.39, 0.29) is 17.2 Å². The topological polar surface area (TPSA) is 81.2 Å². The fraction of sp³-hybridized carbons (Fsp3) is 0.700. The fourth-order valence-electron chi connectivity index (χ4n) is 1.75. The largest absolute Gasteiger partial charge is 0.396 e. The molecule has 1 rings (SSSR count). The fourth-order valence-corrected chi connectivity index (χ4v) is 1.75. The second-order valence-corrected chi connectivity index (χ2v) is 3.51. The van der Waals surface area contributed by atoms with Gasteiger partial charge in [-0.15, -0.1) is 0 Å². The van der Waals surface area contributed by atoms with Gasteiger partial charge in [0.2, 0.25) is 0 Å². The molecule has 0 aromatic carbocycles. The molecule has 0 radical (unpaired) electrons. The van der Waals surface area contributed by atoms with Crippen molar-refractivity contribution >= 4 is 5.69 Å². The number of aromatic nitrogens is 2. The lowest BCUT2D eigenvalue weighted by molar-refractivity contribution is -0.386. The van der Waals surface area contributed by atoms with Crippen LogP contribution in [0.1, 0.15) is 31.7 Å². The Hall–Kier alpha value is -1.43. The van der Waals surface area contributed by atoms with Gasteiger partial charge in [0, 0.05) is 13.2 Å². The first-order valence-corrected chi connectivity index (χ1v) is 5.49. The third-order valence-corrected chi connectivity index (χ3v) is 2.48. The number of aliphatic hydroxyl groups excluding tert-OH is 1. The summed E-state index contributed by atoms with van der Waals surface area (Å²) in [5, 5.41) is 23.9. The highest BCUT2D eigenvalue weighted by atomic mass is 16.6. The highest BCUT2D eigenvalue weighted by Gasteiger charge is 2.24. The molecule has 6 nitrogen and oxygen atoms in total. The van der Waals surface area contributed by atoms with E-state index in [0.717, 1.165) is 0 Å². The van der Waals surface area contributed by atoms with E-state index in [1.807, 2.05) is 13.8 Å². The molecule has 0 aliphatic heterocycles. The number of rotatable bonds is 6. The lowest BCUT2D eigenvalue weighted by Crippen LogP contribution is -2.06. The van der Waals surface area contributed by atoms with Gasteiger partial charge in [-0.1, -0.05) is 13.8 Å². The zero-order chi connectivity index (χ0) is 12.1. The van der Waals surface area contributed by atoms with Gasteiger partial charge in [0.25, 0.3) is 0 Å². The Morgan fingerprint density at radius 2 is 2.12 bits per heavy atom. The van der Waals surface area contributed by atoms with E-state index in [0.29, 0.717) is 37.2 Å². The predicted octanol–water partition coefficient (Wildman–Crippen LogP) is 1.30. The Kier molecular flexibility index (Phi) is 4.42. The number of aryl methyl sites for hydroxylation is 2. The lowest BCUT2D eigenvalue weighted by Gasteiger charge is -2.02. The van der Waals surface area contributed by atoms with Crippen LogP contribution in [0.2, 0.25) is 0 Å². The minimum atomic E-state index is -0.361. The Balaban J connectivity index is 3.13. The Labute approximate surface area is 94.0 Å². The molecule has 0 aliphatic carbocycles. The standard InChI is InChI=1S/C10H17N3O3/c1-3-8-10(13(15)16)9(4-2)12(11-8)6-5-7-14/h14H,3-7H2,1-2H3. The number of hydrogen-bond acceptors (Lipinski definition) is 4. The molecule has 0 atom stereocenters. The van der Waals surface area contributed by atoms with E-state index in [4.69, 9.17) is 5.11 Å². The van der Waals surface area contributed by atoms with Crippen molar-refractivity contribution in [3.05, 3.63) is 21.5 Å². The third-order valence-electron chi connectivity index (χ3n) is 2.48. The van der Waals surface area contributed by atoms with E-state index in [1.165, 1.54) is 0 Å². The first-order chi connectivity index (χ1) is 7.65. The molecule has 0 spiro atoms. The highest BCUT2D eigenvalue weighted by molar-refractivity contribution is 5.41. The Bertz CT molecular complexity index is 374. The van der Waals surface area contributed by atoms with Crippen LogP contribution in [0.15, 0.2) is 0 Å². The summed E-state index contributed by atoms with van der Waals surface area (Å²) in [6.45, 7) is 4.32. The minimum absolute atomic E-state index is 0.0677. The summed E-state index contributed by atoms with van der Waals surface area (Å²) in [5.41, 5.74) is 1.32. The molecule has 6 heteroatoms. The van der Waals surface area contributed by atoms with E-state index in [1.54, 1.807) is 4.68 Å². The average Bonchev–Trinajstić information content (AvgIpc) is 2.63. The Morgan fingerprint density at radius 3 is 2.56 bits per heavy atom. The number of nitro groups is 1. The van der Waals surface area contributed by atoms with Crippen molar-refractivity contribution in [3.63, 3.8) is 0 Å². The summed E-state index contributed by atoms with van der Waals surface area (Å²) in [4.78, 5) is 10.6. The number of nitrogens with zero attached hydrogens (tertiary/aromatic N) is 3. The maximum Gasteiger partial charge on any atom is 0.313 e. The summed E-state index contributed by atoms with van der Waals surface area (Å²) >= 11 is 0. The van der Waals surface area contributed by atoms with Crippen LogP contribution in [0, 0.1) is 10.1 Å². The van der Waals surface area contributed by atoms with Crippen molar-refractivity contribution in [2.75, 3.05) is 6.61 Å². The molecule has 0 saturated heterocycles. The Morgan fingerprint density at radius 1 is 1.44 bits per heavy atom. The van der Waals surface area contributed by atoms with E-state index in [9.17, 15) is 10.1 Å². The molecule has 0 fully saturated rings. The van der Waals surface area contributed by atoms with Gasteiger partial charge in [-0.2, -0.15) is 5.10 Å². The molecule has 1 aromatic rings. The van der Waals surface area contributed by atoms with Crippen LogP contribution in [0.5, 0.6) is 0 Å². The number of hydrogen-bond donors (Lipinski definition) is 1. The van der Waals surface area contributed by atoms with Crippen LogP contribution in [0.25, 0.3) is 0 Å². The van der Waals surface area contributed by atoms with Crippen molar-refractivity contribution in [1.29, 1.82) is 0 Å². The van der Waals surface area contributed by atoms with Gasteiger partial charge in [0.1, 0.15) is 11.4 Å². The van der Waals surface area contributed by atoms with Crippen molar-refractivity contribution in [3.8, 4) is 0 Å². The average molecular weight is 227 g/mol. The molecule has 90 valence electrons. The van der Waals surface area contributed by atoms with E-state index >= 15 is 0 Å². The molecule has 0 unspecified atom stereocenters. The van der Waals surface area contributed by atoms with Crippen molar-refractivity contribution in [2.45, 2.75) is 39.7 Å². The van der Waals surface area contributed by atoms with Gasteiger partial charge < -0.3 is 5.11 Å². The molecule has 0 bridgehead atoms. The normalized spacial score (nSPS) is 10.7. The van der Waals surface area contributed by atoms with Gasteiger partial charge in [-0.05, 0) is 19.3 Å². The summed E-state index contributed by atoms with van der Waals surface area (Å²) in [6.07, 6.45) is 1.69. The second kappa shape index (κ2) is 5.60. The molecule has 1 aromatic heterocycles. The number of aliphatic hydroxyl groups is 1. The first-order valence-electron chi connectivity index (χ1n) is 5.49. The van der Waals surface area contributed by atoms with Crippen LogP contribution >= 0.6 is 0 Å². The molecule has 0 saturated carbocycles. The molecule has 0 amide bonds. The first kappa shape index (κ1) is 12.6. The highest BCUT2D eigenvalue weighted by Crippen LogP contribution is 2.24. The van der Waals surface area contributed by atoms with E-state index in [2.05, 4.69) is 5.10 Å². The SMILES string of the molecule is CCc1nn(CCCO)c(CC)c1[N+](=O)[O-]. The van der Waals surface area contributed by atoms with Crippen LogP contribution in [-0.4, -0.2) is 26.4 Å². The summed E-state index contributed by atoms with van der Waals surface area (Å²) < 4.78 is 1.65. The van der Waals surface area contributed by atoms with Crippen LogP contribution in [0.4, 0.5) is 5.69 Å². The van der Waals surface area contributed by atoms with Crippen LogP contribution < -0.4 is 0 Å². The zero-order valence-corrected chi connectivity index (χ0v) is 9.64. The van der Waals surface area contributed by atoms with E-state index < -0.39 is 0 Å². The van der Waals surface area contributed by atoms with Gasteiger partial charge in [-0.25, -0.2) is 0 Å². The summed E-state index contributed by atoms with van der Waals surface area (Å²) in [5.74, 6) is 0. The zero-order valence-electron chi connectivity index (χ0n) is 9.64. The van der Waals surface area contributed by atoms with Gasteiger partial charge >= 0.3 is 5.69 Å². The summed E-state index contributed by atoms with van der Waals surface area (Å²) in [7, 11) is 0. The molecule has 0 aliphatic rings. The van der Waals surface area contributed by atoms with Gasteiger partial charge in [0.15, 0.2) is 0 Å². The van der Waals surface area contributed by atoms with Crippen molar-refractivity contribution in [1.82, 2.24) is 9.78 Å². The minimum Gasteiger partial charge on any atom is -0.396 e. The molecular weight excluding hydrogens is 210 g/mol. The van der Waals surface area contributed by atoms with Gasteiger partial charge in [0.05, 0.1) is 4.92 Å². The second-order valence-electron chi connectivity index (χ2n) is 3.51. The monoisotopic (exact) mass is 227 g/mol. The maximum absolute atomic E-state index is 11.0. The quantitative estimate of drug-likeness (QED) is 0.586. The molecular formula is C10H17N3O3. The van der Waals surface area contributed by atoms with Gasteiger partial charge in [-0.3, -0.25) is 14.8 Å². The van der Waals surface area contributed by atoms with Crippen LogP contribution in [-0.2, 0) is 19.4 Å². The van der Waals surface area contributed by atoms with Crippen molar-refractivity contribution in [2.24, 2.45) is 0 Å². The predicted molar refractivity (Wildman–Crippen MR) is 59.3 cm³/mol. The summed E-state index contributed by atoms with van der Waals surface area (Å²) in [6, 6.07) is 0. The van der Waals surface area contributed by atoms with Crippen molar-refractivity contribution < 1.29 is 10.0 Å². The third kappa shape index (κ3) is 2.38. The van der Waals surface area contributed by atoms with Crippen LogP contribution in [0.3, 0.4) is 0 Å². The maximum atomic E-state index is 11.0. The smallest absolute Gasteiger partial charge is 0.313 e.